The zero-order chi connectivity index (χ0) is 31.1. The van der Waals surface area contributed by atoms with Gasteiger partial charge in [-0.05, 0) is 47.1 Å². The fourth-order valence-electron chi connectivity index (χ4n) is 3.70. The van der Waals surface area contributed by atoms with Crippen molar-refractivity contribution in [3.8, 4) is 0 Å². The number of aromatic amines is 1. The van der Waals surface area contributed by atoms with Crippen LogP contribution in [0.2, 0.25) is 0 Å². The summed E-state index contributed by atoms with van der Waals surface area (Å²) in [5.41, 5.74) is 4.86. The standard InChI is InChI=1S/C22H35FN7O10P/c1-11(2)38-19(33)13(5)27-41(36,28-14(6)20(34)39-12(3)4)37-10-22(9-25-29-24)17(32)16(23)18(40-22)30-8-7-15(31)26-21(30)35/h7-8,11-14,16-18,32H,9-10H2,1-6H3,(H,26,31,35)(H2,27,28,36)/t13?,14?,16-,17+,18?,22-,41?/m1/s1. The molecule has 1 aromatic heterocycles. The maximum Gasteiger partial charge on any atom is 0.342 e. The molecule has 0 saturated carbocycles. The van der Waals surface area contributed by atoms with Crippen LogP contribution in [-0.2, 0) is 32.9 Å². The second-order valence-electron chi connectivity index (χ2n) is 9.87. The SMILES string of the molecule is CC(C)OC(=O)C(C)NP(=O)(NC(C)C(=O)OC(C)C)OC[C@@]1(CN=[N+]=[N-])OC(n2ccc(=O)[nH]c2=O)[C@H](F)[C@@H]1O. The van der Waals surface area contributed by atoms with E-state index in [0.717, 1.165) is 12.3 Å². The summed E-state index contributed by atoms with van der Waals surface area (Å²) in [6, 6.07) is -1.59. The van der Waals surface area contributed by atoms with Gasteiger partial charge in [0.05, 0.1) is 25.4 Å². The molecule has 0 amide bonds. The molecule has 0 aromatic carbocycles. The topological polar surface area (TPSA) is 236 Å². The first-order chi connectivity index (χ1) is 19.0. The summed E-state index contributed by atoms with van der Waals surface area (Å²) in [4.78, 5) is 53.0. The lowest BCUT2D eigenvalue weighted by Gasteiger charge is -2.33. The minimum Gasteiger partial charge on any atom is -0.462 e. The number of ether oxygens (including phenoxy) is 3. The molecule has 41 heavy (non-hydrogen) atoms. The van der Waals surface area contributed by atoms with Crippen molar-refractivity contribution in [1.29, 1.82) is 0 Å². The molecular formula is C22H35FN7O10P. The van der Waals surface area contributed by atoms with Gasteiger partial charge in [0.15, 0.2) is 12.4 Å². The summed E-state index contributed by atoms with van der Waals surface area (Å²) < 4.78 is 51.3. The molecule has 4 N–H and O–H groups in total. The second kappa shape index (κ2) is 14.2. The van der Waals surface area contributed by atoms with Crippen LogP contribution in [0.4, 0.5) is 4.39 Å². The van der Waals surface area contributed by atoms with Gasteiger partial charge < -0.3 is 23.8 Å². The van der Waals surface area contributed by atoms with Crippen LogP contribution in [0.5, 0.6) is 0 Å². The highest BCUT2D eigenvalue weighted by Gasteiger charge is 2.57. The largest absolute Gasteiger partial charge is 0.462 e. The Morgan fingerprint density at radius 2 is 1.73 bits per heavy atom. The van der Waals surface area contributed by atoms with Crippen LogP contribution in [0, 0.1) is 0 Å². The number of hydrogen-bond acceptors (Lipinski definition) is 11. The monoisotopic (exact) mass is 607 g/mol. The lowest BCUT2D eigenvalue weighted by atomic mass is 9.97. The van der Waals surface area contributed by atoms with Gasteiger partial charge in [0.25, 0.3) is 5.56 Å². The minimum atomic E-state index is -4.47. The third-order valence-electron chi connectivity index (χ3n) is 5.62. The van der Waals surface area contributed by atoms with E-state index in [1.165, 1.54) is 13.8 Å². The summed E-state index contributed by atoms with van der Waals surface area (Å²) in [6.45, 7) is 7.32. The van der Waals surface area contributed by atoms with E-state index in [1.54, 1.807) is 27.7 Å². The normalized spacial score (nSPS) is 25.3. The number of aliphatic hydroxyl groups excluding tert-OH is 1. The average molecular weight is 608 g/mol. The number of nitrogens with one attached hydrogen (secondary N) is 3. The van der Waals surface area contributed by atoms with Crippen molar-refractivity contribution >= 4 is 19.6 Å². The molecule has 0 radical (unpaired) electrons. The van der Waals surface area contributed by atoms with Crippen LogP contribution in [0.1, 0.15) is 47.8 Å². The Labute approximate surface area is 233 Å². The molecule has 1 aliphatic rings. The van der Waals surface area contributed by atoms with Crippen molar-refractivity contribution in [2.24, 2.45) is 5.11 Å². The van der Waals surface area contributed by atoms with E-state index in [0.29, 0.717) is 4.57 Å². The lowest BCUT2D eigenvalue weighted by Crippen LogP contribution is -2.50. The fraction of sp³-hybridized carbons (Fsp3) is 0.727. The highest BCUT2D eigenvalue weighted by Crippen LogP contribution is 2.45. The van der Waals surface area contributed by atoms with Gasteiger partial charge in [0, 0.05) is 17.2 Å². The summed E-state index contributed by atoms with van der Waals surface area (Å²) in [5, 5.41) is 19.0. The number of rotatable bonds is 14. The molecule has 0 spiro atoms. The Morgan fingerprint density at radius 3 is 2.20 bits per heavy atom. The molecule has 0 aliphatic carbocycles. The quantitative estimate of drug-likeness (QED) is 0.0755. The first-order valence-electron chi connectivity index (χ1n) is 12.6. The third-order valence-corrected chi connectivity index (χ3v) is 7.57. The number of hydrogen-bond donors (Lipinski definition) is 4. The zero-order valence-electron chi connectivity index (χ0n) is 23.3. The maximum absolute atomic E-state index is 15.3. The smallest absolute Gasteiger partial charge is 0.342 e. The molecule has 0 bridgehead atoms. The number of azide groups is 1. The number of alkyl halides is 1. The summed E-state index contributed by atoms with van der Waals surface area (Å²) in [7, 11) is -4.47. The molecule has 2 rings (SSSR count). The van der Waals surface area contributed by atoms with Gasteiger partial charge in [-0.25, -0.2) is 19.4 Å². The van der Waals surface area contributed by atoms with Gasteiger partial charge in [-0.1, -0.05) is 5.11 Å². The van der Waals surface area contributed by atoms with E-state index in [2.05, 4.69) is 20.2 Å². The molecule has 3 unspecified atom stereocenters. The van der Waals surface area contributed by atoms with E-state index in [-0.39, 0.29) is 0 Å². The molecule has 1 saturated heterocycles. The van der Waals surface area contributed by atoms with Gasteiger partial charge in [0.1, 0.15) is 23.8 Å². The molecular weight excluding hydrogens is 572 g/mol. The van der Waals surface area contributed by atoms with Crippen molar-refractivity contribution in [1.82, 2.24) is 19.7 Å². The van der Waals surface area contributed by atoms with Gasteiger partial charge >= 0.3 is 25.3 Å². The Morgan fingerprint density at radius 1 is 1.20 bits per heavy atom. The molecule has 1 fully saturated rings. The van der Waals surface area contributed by atoms with Crippen LogP contribution in [-0.4, -0.2) is 81.9 Å². The molecule has 1 aliphatic heterocycles. The number of H-pyrrole nitrogens is 1. The van der Waals surface area contributed by atoms with Gasteiger partial charge in [-0.15, -0.1) is 0 Å². The summed E-state index contributed by atoms with van der Waals surface area (Å²) >= 11 is 0. The highest BCUT2D eigenvalue weighted by atomic mass is 31.2. The second-order valence-corrected chi connectivity index (χ2v) is 11.7. The predicted octanol–water partition coefficient (Wildman–Crippen LogP) is 0.798. The molecule has 19 heteroatoms. The number of carbonyl (C=O) groups is 2. The zero-order valence-corrected chi connectivity index (χ0v) is 24.2. The Balaban J connectivity index is 2.42. The van der Waals surface area contributed by atoms with Crippen molar-refractivity contribution < 1.29 is 42.4 Å². The number of halogens is 1. The van der Waals surface area contributed by atoms with Gasteiger partial charge in [0.2, 0.25) is 0 Å². The van der Waals surface area contributed by atoms with E-state index < -0.39 is 92.4 Å². The number of esters is 2. The number of carbonyl (C=O) groups excluding carboxylic acids is 2. The Hall–Kier alpha value is -3.11. The molecule has 230 valence electrons. The third kappa shape index (κ3) is 8.94. The maximum atomic E-state index is 15.3. The number of aromatic nitrogens is 2. The number of aliphatic hydroxyl groups is 1. The molecule has 2 heterocycles. The fourth-order valence-corrected chi connectivity index (χ4v) is 5.56. The van der Waals surface area contributed by atoms with Gasteiger partial charge in [-0.2, -0.15) is 0 Å². The summed E-state index contributed by atoms with van der Waals surface area (Å²) in [6.07, 6.45) is -6.30. The van der Waals surface area contributed by atoms with E-state index in [4.69, 9.17) is 24.3 Å². The summed E-state index contributed by atoms with van der Waals surface area (Å²) in [5.74, 6) is -1.63. The van der Waals surface area contributed by atoms with Crippen LogP contribution in [0.25, 0.3) is 10.4 Å². The molecule has 6 atom stereocenters. The van der Waals surface area contributed by atoms with Crippen LogP contribution in [0.15, 0.2) is 27.0 Å². The van der Waals surface area contributed by atoms with Crippen LogP contribution in [0.3, 0.4) is 0 Å². The van der Waals surface area contributed by atoms with Crippen molar-refractivity contribution in [2.75, 3.05) is 13.2 Å². The average Bonchev–Trinajstić information content (AvgIpc) is 3.11. The van der Waals surface area contributed by atoms with Crippen LogP contribution < -0.4 is 21.4 Å². The Bertz CT molecular complexity index is 1270. The van der Waals surface area contributed by atoms with Crippen molar-refractivity contribution in [2.45, 2.75) is 89.9 Å². The molecule has 17 nitrogen and oxygen atoms in total. The van der Waals surface area contributed by atoms with E-state index >= 15 is 4.39 Å². The van der Waals surface area contributed by atoms with E-state index in [1.807, 2.05) is 4.98 Å². The van der Waals surface area contributed by atoms with Crippen molar-refractivity contribution in [3.63, 3.8) is 0 Å². The Kier molecular flexibility index (Phi) is 11.8. The highest BCUT2D eigenvalue weighted by molar-refractivity contribution is 7.54. The molecule has 1 aromatic rings. The van der Waals surface area contributed by atoms with Crippen molar-refractivity contribution in [3.05, 3.63) is 43.5 Å². The minimum absolute atomic E-state index is 0.510. The predicted molar refractivity (Wildman–Crippen MR) is 140 cm³/mol. The number of nitrogens with zero attached hydrogens (tertiary/aromatic N) is 4. The van der Waals surface area contributed by atoms with Gasteiger partial charge in [-0.3, -0.25) is 28.5 Å². The lowest BCUT2D eigenvalue weighted by molar-refractivity contribution is -0.149. The first-order valence-corrected chi connectivity index (χ1v) is 14.2. The van der Waals surface area contributed by atoms with E-state index in [9.17, 15) is 28.8 Å². The van der Waals surface area contributed by atoms with Crippen LogP contribution >= 0.6 is 7.67 Å². The first kappa shape index (κ1) is 34.1.